The van der Waals surface area contributed by atoms with Crippen molar-refractivity contribution >= 4 is 11.0 Å². The Hall–Kier alpha value is -4.50. The van der Waals surface area contributed by atoms with Crippen LogP contribution in [0.4, 0.5) is 0 Å². The van der Waals surface area contributed by atoms with Crippen LogP contribution in [0, 0.1) is 10.2 Å². The zero-order chi connectivity index (χ0) is 29.9. The number of imidazole rings is 1. The van der Waals surface area contributed by atoms with E-state index in [1.807, 2.05) is 12.1 Å². The SMILES string of the molecule is COc1ccc(-c2cc(-c3ccccc3)c(-c3n(C)c4ccccc4[n+]3C)c(-c3ccccc3)c2)cc1.[O-][Cl+3]([O-])([O-])[O-]. The number of benzene rings is 5. The molecule has 42 heavy (non-hydrogen) atoms. The summed E-state index contributed by atoms with van der Waals surface area (Å²) in [5, 5.41) is 0. The molecule has 0 radical (unpaired) electrons. The minimum atomic E-state index is -4.94. The first-order chi connectivity index (χ1) is 20.2. The topological polar surface area (TPSA) is 110 Å². The minimum absolute atomic E-state index is 0.856. The third kappa shape index (κ3) is 6.21. The second-order valence-electron chi connectivity index (χ2n) is 9.72. The molecule has 5 aromatic carbocycles. The third-order valence-corrected chi connectivity index (χ3v) is 7.19. The van der Waals surface area contributed by atoms with E-state index in [0.717, 1.165) is 11.3 Å². The molecule has 0 amide bonds. The summed E-state index contributed by atoms with van der Waals surface area (Å²) in [5.74, 6) is 2.02. The average Bonchev–Trinajstić information content (AvgIpc) is 3.25. The highest BCUT2D eigenvalue weighted by Gasteiger charge is 2.28. The quantitative estimate of drug-likeness (QED) is 0.291. The molecule has 0 aliphatic carbocycles. The number of halogens is 1. The number of para-hydroxylation sites is 2. The van der Waals surface area contributed by atoms with Crippen molar-refractivity contribution in [2.45, 2.75) is 0 Å². The summed E-state index contributed by atoms with van der Waals surface area (Å²) in [7, 11) is 1.09. The van der Waals surface area contributed by atoms with E-state index >= 15 is 0 Å². The highest BCUT2D eigenvalue weighted by Crippen LogP contribution is 2.43. The molecule has 8 heteroatoms. The van der Waals surface area contributed by atoms with E-state index < -0.39 is 10.2 Å². The molecule has 0 aliphatic rings. The Bertz CT molecular complexity index is 1710. The first-order valence-corrected chi connectivity index (χ1v) is 14.4. The molecule has 0 bridgehead atoms. The van der Waals surface area contributed by atoms with Crippen LogP contribution < -0.4 is 27.9 Å². The average molecular weight is 581 g/mol. The predicted octanol–water partition coefficient (Wildman–Crippen LogP) is 2.92. The van der Waals surface area contributed by atoms with Crippen LogP contribution in [0.25, 0.3) is 55.8 Å². The Morgan fingerprint density at radius 3 is 1.57 bits per heavy atom. The van der Waals surface area contributed by atoms with Crippen molar-refractivity contribution in [2.75, 3.05) is 7.11 Å². The van der Waals surface area contributed by atoms with Crippen LogP contribution in [0.5, 0.6) is 5.75 Å². The van der Waals surface area contributed by atoms with Gasteiger partial charge in [-0.3, -0.25) is 0 Å². The van der Waals surface area contributed by atoms with Gasteiger partial charge in [-0.1, -0.05) is 84.9 Å². The Morgan fingerprint density at radius 1 is 0.619 bits per heavy atom. The fraction of sp³-hybridized carbons (Fsp3) is 0.0882. The standard InChI is InChI=1S/C34H29N2O.ClHO4/c1-35-31-16-10-11-17-32(31)36(2)34(35)33-29(25-12-6-4-7-13-25)22-27(24-18-20-28(37-3)21-19-24)23-30(33)26-14-8-5-9-15-26;2-1(3,4)5/h4-23H,1-3H3;(H,2,3,4,5)/q+1;/p-1. The van der Waals surface area contributed by atoms with Gasteiger partial charge in [-0.15, -0.1) is 10.2 Å². The van der Waals surface area contributed by atoms with Crippen molar-refractivity contribution in [1.29, 1.82) is 0 Å². The van der Waals surface area contributed by atoms with Crippen molar-refractivity contribution < 1.29 is 38.2 Å². The summed E-state index contributed by atoms with van der Waals surface area (Å²) < 4.78 is 44.0. The molecule has 1 aromatic heterocycles. The number of ether oxygens (including phenoxy) is 1. The first kappa shape index (κ1) is 29.0. The Labute approximate surface area is 246 Å². The number of hydrogen-bond donors (Lipinski definition) is 0. The maximum absolute atomic E-state index is 8.49. The van der Waals surface area contributed by atoms with Gasteiger partial charge in [0.05, 0.1) is 26.8 Å². The van der Waals surface area contributed by atoms with Crippen molar-refractivity contribution in [2.24, 2.45) is 14.1 Å². The summed E-state index contributed by atoms with van der Waals surface area (Å²) >= 11 is 0. The number of aromatic nitrogens is 2. The lowest BCUT2D eigenvalue weighted by Crippen LogP contribution is -2.68. The van der Waals surface area contributed by atoms with E-state index in [2.05, 4.69) is 132 Å². The second-order valence-corrected chi connectivity index (χ2v) is 10.5. The molecule has 0 aliphatic heterocycles. The van der Waals surface area contributed by atoms with Gasteiger partial charge in [0.25, 0.3) is 5.82 Å². The molecule has 0 atom stereocenters. The first-order valence-electron chi connectivity index (χ1n) is 13.1. The van der Waals surface area contributed by atoms with Crippen LogP contribution in [0.1, 0.15) is 0 Å². The molecule has 1 heterocycles. The minimum Gasteiger partial charge on any atom is -0.497 e. The van der Waals surface area contributed by atoms with Crippen LogP contribution in [-0.2, 0) is 14.1 Å². The largest absolute Gasteiger partial charge is 0.497 e. The van der Waals surface area contributed by atoms with Crippen molar-refractivity contribution in [3.8, 4) is 50.5 Å². The summed E-state index contributed by atoms with van der Waals surface area (Å²) in [6, 6.07) is 43.0. The summed E-state index contributed by atoms with van der Waals surface area (Å²) in [4.78, 5) is 0. The van der Waals surface area contributed by atoms with Crippen LogP contribution >= 0.6 is 0 Å². The van der Waals surface area contributed by atoms with Gasteiger partial charge in [-0.2, -0.15) is 0 Å². The zero-order valence-corrected chi connectivity index (χ0v) is 24.1. The maximum Gasteiger partial charge on any atom is 0.290 e. The number of aryl methyl sites for hydroxylation is 2. The van der Waals surface area contributed by atoms with Crippen molar-refractivity contribution in [1.82, 2.24) is 4.57 Å². The van der Waals surface area contributed by atoms with E-state index in [1.165, 1.54) is 50.2 Å². The van der Waals surface area contributed by atoms with Crippen molar-refractivity contribution in [3.63, 3.8) is 0 Å². The molecular formula is C34H29ClN2O5. The summed E-state index contributed by atoms with van der Waals surface area (Å²) in [6.45, 7) is 0. The molecule has 6 aromatic rings. The number of methoxy groups -OCH3 is 1. The molecule has 212 valence electrons. The molecule has 0 N–H and O–H groups in total. The molecular weight excluding hydrogens is 552 g/mol. The molecule has 0 saturated heterocycles. The van der Waals surface area contributed by atoms with Gasteiger partial charge in [0.1, 0.15) is 5.75 Å². The number of hydrogen-bond acceptors (Lipinski definition) is 5. The predicted molar refractivity (Wildman–Crippen MR) is 152 cm³/mol. The van der Waals surface area contributed by atoms with Gasteiger partial charge in [0.2, 0.25) is 0 Å². The fourth-order valence-electron chi connectivity index (χ4n) is 5.34. The van der Waals surface area contributed by atoms with Crippen LogP contribution in [0.2, 0.25) is 0 Å². The molecule has 0 unspecified atom stereocenters. The Kier molecular flexibility index (Phi) is 8.40. The summed E-state index contributed by atoms with van der Waals surface area (Å²) in [5.41, 5.74) is 10.7. The highest BCUT2D eigenvalue weighted by molar-refractivity contribution is 5.96. The van der Waals surface area contributed by atoms with Gasteiger partial charge in [0.15, 0.2) is 11.0 Å². The van der Waals surface area contributed by atoms with Gasteiger partial charge in [0, 0.05) is 0 Å². The normalized spacial score (nSPS) is 11.2. The highest BCUT2D eigenvalue weighted by atomic mass is 35.7. The van der Waals surface area contributed by atoms with Gasteiger partial charge < -0.3 is 4.74 Å². The number of nitrogens with zero attached hydrogens (tertiary/aromatic N) is 2. The monoisotopic (exact) mass is 580 g/mol. The van der Waals surface area contributed by atoms with Gasteiger partial charge in [-0.25, -0.2) is 27.8 Å². The third-order valence-electron chi connectivity index (χ3n) is 7.19. The lowest BCUT2D eigenvalue weighted by molar-refractivity contribution is -2.00. The van der Waals surface area contributed by atoms with E-state index in [9.17, 15) is 0 Å². The van der Waals surface area contributed by atoms with Crippen molar-refractivity contribution in [3.05, 3.63) is 121 Å². The molecule has 7 nitrogen and oxygen atoms in total. The summed E-state index contributed by atoms with van der Waals surface area (Å²) in [6.07, 6.45) is 0. The Morgan fingerprint density at radius 2 is 1.10 bits per heavy atom. The smallest absolute Gasteiger partial charge is 0.290 e. The second kappa shape index (κ2) is 12.2. The number of rotatable bonds is 5. The lowest BCUT2D eigenvalue weighted by atomic mass is 9.87. The molecule has 0 fully saturated rings. The number of fused-ring (bicyclic) bond motifs is 1. The van der Waals surface area contributed by atoms with Crippen LogP contribution in [0.3, 0.4) is 0 Å². The van der Waals surface area contributed by atoms with E-state index in [-0.39, 0.29) is 0 Å². The zero-order valence-electron chi connectivity index (χ0n) is 23.4. The fourth-order valence-corrected chi connectivity index (χ4v) is 5.34. The van der Waals surface area contributed by atoms with E-state index in [4.69, 9.17) is 23.4 Å². The van der Waals surface area contributed by atoms with E-state index in [1.54, 1.807) is 7.11 Å². The maximum atomic E-state index is 8.49. The lowest BCUT2D eigenvalue weighted by Gasteiger charge is -2.17. The van der Waals surface area contributed by atoms with Crippen LogP contribution in [0.15, 0.2) is 121 Å². The Balaban J connectivity index is 0.000000652. The molecule has 0 saturated carbocycles. The van der Waals surface area contributed by atoms with Crippen LogP contribution in [-0.4, -0.2) is 11.7 Å². The molecule has 0 spiro atoms. The molecule has 6 rings (SSSR count). The van der Waals surface area contributed by atoms with E-state index in [0.29, 0.717) is 0 Å². The van der Waals surface area contributed by atoms with Gasteiger partial charge in [-0.05, 0) is 69.8 Å². The van der Waals surface area contributed by atoms with Gasteiger partial charge >= 0.3 is 0 Å².